The molecule has 0 unspecified atom stereocenters. The molecule has 140 valence electrons. The summed E-state index contributed by atoms with van der Waals surface area (Å²) in [7, 11) is -1.91. The molecular formula is C17H25FN2O4S. The number of nitrogens with one attached hydrogen (secondary N) is 1. The number of fused-ring (bicyclic) bond motifs is 1. The molecule has 1 N–H and O–H groups in total. The van der Waals surface area contributed by atoms with Crippen molar-refractivity contribution in [3.8, 4) is 5.75 Å². The standard InChI is InChI=1S/C17H25FN2O4S/c1-20(16-5-3-2-4-6-16)25(21,22)19-8-7-13-9-15(18)10-14-11-23-12-24-17(13)14/h9-10,16,19H,2-8,11-12H2,1H3. The van der Waals surface area contributed by atoms with Crippen molar-refractivity contribution in [2.45, 2.75) is 51.2 Å². The zero-order valence-corrected chi connectivity index (χ0v) is 15.3. The average molecular weight is 372 g/mol. The molecule has 0 saturated heterocycles. The van der Waals surface area contributed by atoms with Gasteiger partial charge in [-0.3, -0.25) is 0 Å². The molecule has 2 aliphatic rings. The second-order valence-electron chi connectivity index (χ2n) is 6.62. The first-order chi connectivity index (χ1) is 12.0. The maximum Gasteiger partial charge on any atom is 0.279 e. The van der Waals surface area contributed by atoms with E-state index in [9.17, 15) is 12.8 Å². The zero-order chi connectivity index (χ0) is 17.9. The quantitative estimate of drug-likeness (QED) is 0.832. The van der Waals surface area contributed by atoms with Crippen LogP contribution in [0.2, 0.25) is 0 Å². The number of hydrogen-bond acceptors (Lipinski definition) is 4. The van der Waals surface area contributed by atoms with E-state index in [0.717, 1.165) is 25.7 Å². The van der Waals surface area contributed by atoms with Crippen LogP contribution in [0.4, 0.5) is 4.39 Å². The first-order valence-corrected chi connectivity index (χ1v) is 10.2. The summed E-state index contributed by atoms with van der Waals surface area (Å²) in [5.41, 5.74) is 1.31. The van der Waals surface area contributed by atoms with Crippen molar-refractivity contribution < 1.29 is 22.3 Å². The smallest absolute Gasteiger partial charge is 0.279 e. The molecule has 1 aromatic carbocycles. The predicted octanol–water partition coefficient (Wildman–Crippen LogP) is 2.33. The minimum absolute atomic E-state index is 0.0636. The molecule has 1 heterocycles. The number of nitrogens with zero attached hydrogens (tertiary/aromatic N) is 1. The molecule has 1 aliphatic heterocycles. The Labute approximate surface area is 148 Å². The highest BCUT2D eigenvalue weighted by Gasteiger charge is 2.27. The Bertz CT molecular complexity index is 705. The molecule has 0 aromatic heterocycles. The van der Waals surface area contributed by atoms with Crippen LogP contribution in [-0.4, -0.2) is 39.2 Å². The predicted molar refractivity (Wildman–Crippen MR) is 91.9 cm³/mol. The monoisotopic (exact) mass is 372 g/mol. The van der Waals surface area contributed by atoms with Gasteiger partial charge < -0.3 is 9.47 Å². The zero-order valence-electron chi connectivity index (χ0n) is 14.5. The minimum Gasteiger partial charge on any atom is -0.467 e. The topological polar surface area (TPSA) is 67.9 Å². The Morgan fingerprint density at radius 1 is 1.28 bits per heavy atom. The first kappa shape index (κ1) is 18.6. The van der Waals surface area contributed by atoms with Crippen molar-refractivity contribution in [1.29, 1.82) is 0 Å². The number of rotatable bonds is 6. The molecular weight excluding hydrogens is 347 g/mol. The summed E-state index contributed by atoms with van der Waals surface area (Å²) in [6.07, 6.45) is 5.48. The van der Waals surface area contributed by atoms with Crippen LogP contribution in [0.1, 0.15) is 43.2 Å². The Kier molecular flexibility index (Phi) is 5.93. The van der Waals surface area contributed by atoms with Gasteiger partial charge in [-0.2, -0.15) is 12.7 Å². The van der Waals surface area contributed by atoms with E-state index >= 15 is 0 Å². The van der Waals surface area contributed by atoms with E-state index in [-0.39, 0.29) is 25.2 Å². The van der Waals surface area contributed by atoms with Crippen molar-refractivity contribution in [3.63, 3.8) is 0 Å². The summed E-state index contributed by atoms with van der Waals surface area (Å²) in [5, 5.41) is 0. The first-order valence-electron chi connectivity index (χ1n) is 8.72. The van der Waals surface area contributed by atoms with Crippen LogP contribution >= 0.6 is 0 Å². The van der Waals surface area contributed by atoms with Gasteiger partial charge in [-0.25, -0.2) is 9.11 Å². The molecule has 1 aromatic rings. The van der Waals surface area contributed by atoms with Crippen molar-refractivity contribution in [2.75, 3.05) is 20.4 Å². The third kappa shape index (κ3) is 4.49. The fourth-order valence-corrected chi connectivity index (χ4v) is 4.67. The van der Waals surface area contributed by atoms with Crippen LogP contribution in [0.15, 0.2) is 12.1 Å². The van der Waals surface area contributed by atoms with E-state index in [1.165, 1.54) is 22.9 Å². The molecule has 0 spiro atoms. The normalized spacial score (nSPS) is 18.8. The van der Waals surface area contributed by atoms with Crippen molar-refractivity contribution >= 4 is 10.2 Å². The maximum atomic E-state index is 13.7. The molecule has 0 amide bonds. The van der Waals surface area contributed by atoms with Crippen molar-refractivity contribution in [3.05, 3.63) is 29.1 Å². The number of ether oxygens (including phenoxy) is 2. The third-order valence-corrected chi connectivity index (χ3v) is 6.52. The van der Waals surface area contributed by atoms with Gasteiger partial charge in [-0.15, -0.1) is 0 Å². The summed E-state index contributed by atoms with van der Waals surface area (Å²) >= 11 is 0. The molecule has 0 radical (unpaired) electrons. The minimum atomic E-state index is -3.54. The van der Waals surface area contributed by atoms with E-state index < -0.39 is 10.2 Å². The van der Waals surface area contributed by atoms with Gasteiger partial charge in [0, 0.05) is 25.2 Å². The van der Waals surface area contributed by atoms with Gasteiger partial charge in [-0.1, -0.05) is 19.3 Å². The Morgan fingerprint density at radius 2 is 2.04 bits per heavy atom. The van der Waals surface area contributed by atoms with Gasteiger partial charge in [0.15, 0.2) is 6.79 Å². The Balaban J connectivity index is 1.61. The summed E-state index contributed by atoms with van der Waals surface area (Å²) in [6.45, 7) is 0.623. The number of hydrogen-bond donors (Lipinski definition) is 1. The highest BCUT2D eigenvalue weighted by Crippen LogP contribution is 2.29. The van der Waals surface area contributed by atoms with Crippen LogP contribution in [0.3, 0.4) is 0 Å². The van der Waals surface area contributed by atoms with Crippen molar-refractivity contribution in [2.24, 2.45) is 0 Å². The highest BCUT2D eigenvalue weighted by atomic mass is 32.2. The molecule has 0 bridgehead atoms. The van der Waals surface area contributed by atoms with E-state index in [0.29, 0.717) is 29.9 Å². The molecule has 6 nitrogen and oxygen atoms in total. The van der Waals surface area contributed by atoms with E-state index in [1.54, 1.807) is 7.05 Å². The molecule has 1 aliphatic carbocycles. The maximum absolute atomic E-state index is 13.7. The summed E-state index contributed by atoms with van der Waals surface area (Å²) in [4.78, 5) is 0. The molecule has 3 rings (SSSR count). The van der Waals surface area contributed by atoms with E-state index in [1.807, 2.05) is 0 Å². The average Bonchev–Trinajstić information content (AvgIpc) is 2.61. The molecule has 8 heteroatoms. The third-order valence-electron chi connectivity index (χ3n) is 4.90. The van der Waals surface area contributed by atoms with Gasteiger partial charge in [-0.05, 0) is 37.0 Å². The van der Waals surface area contributed by atoms with Crippen LogP contribution < -0.4 is 9.46 Å². The molecule has 1 saturated carbocycles. The SMILES string of the molecule is CN(C1CCCCC1)S(=O)(=O)NCCc1cc(F)cc2c1OCOC2. The lowest BCUT2D eigenvalue weighted by molar-refractivity contribution is -0.0172. The highest BCUT2D eigenvalue weighted by molar-refractivity contribution is 7.87. The van der Waals surface area contributed by atoms with Crippen LogP contribution in [0, 0.1) is 5.82 Å². The second kappa shape index (κ2) is 7.99. The number of halogens is 1. The Morgan fingerprint density at radius 3 is 2.80 bits per heavy atom. The summed E-state index contributed by atoms with van der Waals surface area (Å²) < 4.78 is 53.3. The second-order valence-corrected chi connectivity index (χ2v) is 8.44. The van der Waals surface area contributed by atoms with Gasteiger partial charge in [0.1, 0.15) is 11.6 Å². The fourth-order valence-electron chi connectivity index (χ4n) is 3.50. The van der Waals surface area contributed by atoms with E-state index in [2.05, 4.69) is 4.72 Å². The molecule has 25 heavy (non-hydrogen) atoms. The van der Waals surface area contributed by atoms with Crippen molar-refractivity contribution in [1.82, 2.24) is 9.03 Å². The molecule has 0 atom stereocenters. The van der Waals surface area contributed by atoms with Gasteiger partial charge in [0.25, 0.3) is 10.2 Å². The van der Waals surface area contributed by atoms with Gasteiger partial charge >= 0.3 is 0 Å². The molecule has 1 fully saturated rings. The fraction of sp³-hybridized carbons (Fsp3) is 0.647. The summed E-state index contributed by atoms with van der Waals surface area (Å²) in [6, 6.07) is 2.84. The van der Waals surface area contributed by atoms with Gasteiger partial charge in [0.2, 0.25) is 0 Å². The number of benzene rings is 1. The summed E-state index contributed by atoms with van der Waals surface area (Å²) in [5.74, 6) is 0.234. The largest absolute Gasteiger partial charge is 0.467 e. The van der Waals surface area contributed by atoms with Crippen LogP contribution in [-0.2, 0) is 28.0 Å². The Hall–Kier alpha value is -1.22. The lowest BCUT2D eigenvalue weighted by Gasteiger charge is -2.30. The van der Waals surface area contributed by atoms with E-state index in [4.69, 9.17) is 9.47 Å². The van der Waals surface area contributed by atoms with Crippen LogP contribution in [0.5, 0.6) is 5.75 Å². The lowest BCUT2D eigenvalue weighted by atomic mass is 9.96. The lowest BCUT2D eigenvalue weighted by Crippen LogP contribution is -2.45. The van der Waals surface area contributed by atoms with Crippen LogP contribution in [0.25, 0.3) is 0 Å². The van der Waals surface area contributed by atoms with Gasteiger partial charge in [0.05, 0.1) is 6.61 Å².